The van der Waals surface area contributed by atoms with E-state index in [0.717, 1.165) is 4.90 Å². The molecule has 0 heterocycles. The van der Waals surface area contributed by atoms with Gasteiger partial charge in [0, 0.05) is 26.2 Å². The molecule has 0 spiro atoms. The lowest BCUT2D eigenvalue weighted by Gasteiger charge is -2.24. The maximum atomic E-state index is 10.3. The number of rotatable bonds is 5. The molecule has 0 aromatic carbocycles. The van der Waals surface area contributed by atoms with E-state index in [0.29, 0.717) is 0 Å². The molecule has 0 saturated carbocycles. The van der Waals surface area contributed by atoms with Crippen molar-refractivity contribution in [2.24, 2.45) is 5.73 Å². The lowest BCUT2D eigenvalue weighted by Crippen LogP contribution is -2.48. The molecule has 0 saturated heterocycles. The largest absolute Gasteiger partial charge is 0.530 e. The van der Waals surface area contributed by atoms with Crippen molar-refractivity contribution in [2.75, 3.05) is 26.2 Å². The molecule has 0 aromatic rings. The second-order valence-electron chi connectivity index (χ2n) is 2.26. The van der Waals surface area contributed by atoms with E-state index in [9.17, 15) is 19.8 Å². The van der Waals surface area contributed by atoms with Gasteiger partial charge in [-0.15, -0.1) is 0 Å². The average molecular weight is 189 g/mol. The molecule has 3 N–H and O–H groups in total. The summed E-state index contributed by atoms with van der Waals surface area (Å²) >= 11 is 0. The van der Waals surface area contributed by atoms with Crippen molar-refractivity contribution in [3.05, 3.63) is 0 Å². The minimum Gasteiger partial charge on any atom is -0.530 e. The summed E-state index contributed by atoms with van der Waals surface area (Å²) in [6.07, 6.45) is -2.81. The van der Waals surface area contributed by atoms with Crippen LogP contribution in [0.3, 0.4) is 0 Å². The van der Waals surface area contributed by atoms with Gasteiger partial charge in [0.25, 0.3) is 0 Å². The number of carbonyl (C=O) groups excluding carboxylic acids is 2. The smallest absolute Gasteiger partial charge is 0.137 e. The quantitative estimate of drug-likeness (QED) is 0.465. The Labute approximate surface area is 75.1 Å². The summed E-state index contributed by atoms with van der Waals surface area (Å²) in [6.45, 7) is 0.264. The van der Waals surface area contributed by atoms with Crippen LogP contribution in [0.2, 0.25) is 0 Å². The van der Waals surface area contributed by atoms with Gasteiger partial charge < -0.3 is 35.8 Å². The van der Waals surface area contributed by atoms with Crippen LogP contribution in [0.25, 0.3) is 0 Å². The van der Waals surface area contributed by atoms with Gasteiger partial charge in [-0.25, -0.2) is 0 Å². The highest BCUT2D eigenvalue weighted by atomic mass is 16.4. The van der Waals surface area contributed by atoms with E-state index in [1.807, 2.05) is 5.32 Å². The molecule has 0 unspecified atom stereocenters. The van der Waals surface area contributed by atoms with Gasteiger partial charge in [0.15, 0.2) is 0 Å². The molecule has 7 nitrogen and oxygen atoms in total. The van der Waals surface area contributed by atoms with Gasteiger partial charge in [-0.3, -0.25) is 0 Å². The van der Waals surface area contributed by atoms with Crippen molar-refractivity contribution in [2.45, 2.75) is 0 Å². The lowest BCUT2D eigenvalue weighted by atomic mass is 10.5. The number of nitrogens with one attached hydrogen (secondary N) is 1. The van der Waals surface area contributed by atoms with E-state index in [-0.39, 0.29) is 26.2 Å². The minimum absolute atomic E-state index is 0.00745. The Balaban J connectivity index is 3.69. The number of carbonyl (C=O) groups is 2. The molecule has 0 aliphatic heterocycles. The zero-order chi connectivity index (χ0) is 10.3. The van der Waals surface area contributed by atoms with Gasteiger partial charge in [-0.2, -0.15) is 0 Å². The zero-order valence-electron chi connectivity index (χ0n) is 6.99. The third-order valence-electron chi connectivity index (χ3n) is 1.31. The van der Waals surface area contributed by atoms with E-state index in [4.69, 9.17) is 5.73 Å². The molecule has 7 heteroatoms. The number of hydrogen-bond donors (Lipinski definition) is 2. The van der Waals surface area contributed by atoms with E-state index >= 15 is 0 Å². The van der Waals surface area contributed by atoms with Crippen LogP contribution in [0.15, 0.2) is 0 Å². The number of hydrogen-bond acceptors (Lipinski definition) is 5. The number of nitrogens with two attached hydrogens (primary N) is 1. The zero-order valence-corrected chi connectivity index (χ0v) is 6.99. The van der Waals surface area contributed by atoms with Crippen molar-refractivity contribution in [1.29, 1.82) is 0 Å². The maximum Gasteiger partial charge on any atom is 0.137 e. The molecule has 2 amide bonds. The van der Waals surface area contributed by atoms with Crippen LogP contribution in [-0.4, -0.2) is 43.3 Å². The van der Waals surface area contributed by atoms with Crippen molar-refractivity contribution in [1.82, 2.24) is 10.2 Å². The van der Waals surface area contributed by atoms with Gasteiger partial charge in [-0.05, 0) is 0 Å². The first-order valence-corrected chi connectivity index (χ1v) is 3.68. The highest BCUT2D eigenvalue weighted by Crippen LogP contribution is 1.83. The summed E-state index contributed by atoms with van der Waals surface area (Å²) in [5.74, 6) is 0. The Kier molecular flexibility index (Phi) is 5.37. The second-order valence-corrected chi connectivity index (χ2v) is 2.26. The Morgan fingerprint density at radius 3 is 2.31 bits per heavy atom. The number of nitrogens with zero attached hydrogens (tertiary/aromatic N) is 1. The minimum atomic E-state index is -1.44. The van der Waals surface area contributed by atoms with Crippen molar-refractivity contribution in [3.63, 3.8) is 0 Å². The molecular formula is C6H11N3O4-2. The normalized spacial score (nSPS) is 9.31. The molecule has 0 aliphatic carbocycles. The number of amides is 2. The summed E-state index contributed by atoms with van der Waals surface area (Å²) in [4.78, 5) is 21.1. The van der Waals surface area contributed by atoms with E-state index in [1.54, 1.807) is 0 Å². The Morgan fingerprint density at radius 2 is 1.92 bits per heavy atom. The highest BCUT2D eigenvalue weighted by molar-refractivity contribution is 5.63. The fraction of sp³-hybridized carbons (Fsp3) is 0.667. The molecule has 76 valence electrons. The third-order valence-corrected chi connectivity index (χ3v) is 1.31. The van der Waals surface area contributed by atoms with Crippen LogP contribution in [0.5, 0.6) is 0 Å². The lowest BCUT2D eigenvalue weighted by molar-refractivity contribution is -0.266. The van der Waals surface area contributed by atoms with E-state index in [1.165, 1.54) is 0 Å². The van der Waals surface area contributed by atoms with Gasteiger partial charge in [-0.1, -0.05) is 0 Å². The Hall–Kier alpha value is -1.50. The molecule has 0 atom stereocenters. The summed E-state index contributed by atoms with van der Waals surface area (Å²) in [7, 11) is 0. The van der Waals surface area contributed by atoms with Crippen molar-refractivity contribution < 1.29 is 19.8 Å². The van der Waals surface area contributed by atoms with Crippen LogP contribution < -0.4 is 21.3 Å². The monoisotopic (exact) mass is 189 g/mol. The molecule has 13 heavy (non-hydrogen) atoms. The Bertz CT molecular complexity index is 185. The maximum absolute atomic E-state index is 10.3. The predicted octanol–water partition coefficient (Wildman–Crippen LogP) is -3.48. The standard InChI is InChI=1S/C6H13N3O4/c7-1-3-9(6(12)13)4-2-8-5(10)11/h8H,1-4,7H2,(H,10,11)(H,12,13)/p-2. The van der Waals surface area contributed by atoms with Gasteiger partial charge >= 0.3 is 0 Å². The van der Waals surface area contributed by atoms with E-state index < -0.39 is 12.2 Å². The van der Waals surface area contributed by atoms with Gasteiger partial charge in [0.1, 0.15) is 12.2 Å². The first-order chi connectivity index (χ1) is 6.07. The Morgan fingerprint density at radius 1 is 1.31 bits per heavy atom. The second kappa shape index (κ2) is 6.06. The summed E-state index contributed by atoms with van der Waals surface area (Å²) < 4.78 is 0. The van der Waals surface area contributed by atoms with Crippen molar-refractivity contribution in [3.8, 4) is 0 Å². The molecule has 0 radical (unpaired) electrons. The molecule has 0 fully saturated rings. The summed E-state index contributed by atoms with van der Waals surface area (Å²) in [5.41, 5.74) is 5.12. The first-order valence-electron chi connectivity index (χ1n) is 3.68. The van der Waals surface area contributed by atoms with Crippen LogP contribution in [-0.2, 0) is 0 Å². The van der Waals surface area contributed by atoms with Crippen LogP contribution in [0.4, 0.5) is 9.59 Å². The first kappa shape index (κ1) is 11.5. The predicted molar refractivity (Wildman–Crippen MR) is 39.4 cm³/mol. The highest BCUT2D eigenvalue weighted by Gasteiger charge is 2.01. The molecular weight excluding hydrogens is 178 g/mol. The molecule has 0 rings (SSSR count). The van der Waals surface area contributed by atoms with Crippen molar-refractivity contribution >= 4 is 12.2 Å². The van der Waals surface area contributed by atoms with Crippen LogP contribution in [0, 0.1) is 0 Å². The third kappa shape index (κ3) is 5.74. The SMILES string of the molecule is NCCN(CCNC(=O)[O-])C(=O)[O-]. The van der Waals surface area contributed by atoms with Crippen LogP contribution >= 0.6 is 0 Å². The molecule has 0 aromatic heterocycles. The van der Waals surface area contributed by atoms with Gasteiger partial charge in [0.2, 0.25) is 0 Å². The average Bonchev–Trinajstić information content (AvgIpc) is 2.02. The summed E-state index contributed by atoms with van der Waals surface area (Å²) in [6, 6.07) is 0. The van der Waals surface area contributed by atoms with Crippen LogP contribution in [0.1, 0.15) is 0 Å². The fourth-order valence-electron chi connectivity index (χ4n) is 0.743. The fourth-order valence-corrected chi connectivity index (χ4v) is 0.743. The molecule has 0 bridgehead atoms. The van der Waals surface area contributed by atoms with Gasteiger partial charge in [0.05, 0.1) is 0 Å². The summed E-state index contributed by atoms with van der Waals surface area (Å²) in [5, 5.41) is 22.1. The number of carboxylic acid groups (broad SMARTS) is 2. The molecule has 0 aliphatic rings. The van der Waals surface area contributed by atoms with E-state index in [2.05, 4.69) is 0 Å². The topological polar surface area (TPSA) is 122 Å².